The second-order valence-electron chi connectivity index (χ2n) is 7.05. The predicted molar refractivity (Wildman–Crippen MR) is 96.1 cm³/mol. The minimum atomic E-state index is 0.437. The molecular formula is C20H27N3O. The van der Waals surface area contributed by atoms with Gasteiger partial charge in [0.2, 0.25) is 0 Å². The molecule has 0 radical (unpaired) electrons. The van der Waals surface area contributed by atoms with Crippen LogP contribution < -0.4 is 0 Å². The van der Waals surface area contributed by atoms with Gasteiger partial charge in [-0.2, -0.15) is 5.10 Å². The molecule has 1 atom stereocenters. The molecule has 1 aromatic carbocycles. The fourth-order valence-corrected chi connectivity index (χ4v) is 4.07. The molecule has 1 aromatic heterocycles. The van der Waals surface area contributed by atoms with Crippen molar-refractivity contribution >= 4 is 0 Å². The summed E-state index contributed by atoms with van der Waals surface area (Å²) in [5.74, 6) is 0. The van der Waals surface area contributed by atoms with Crippen molar-refractivity contribution in [3.8, 4) is 11.3 Å². The van der Waals surface area contributed by atoms with Crippen LogP contribution in [0.2, 0.25) is 0 Å². The van der Waals surface area contributed by atoms with Crippen molar-refractivity contribution in [2.75, 3.05) is 26.2 Å². The Kier molecular flexibility index (Phi) is 4.67. The molecule has 4 heteroatoms. The molecule has 0 aliphatic carbocycles. The van der Waals surface area contributed by atoms with Gasteiger partial charge in [-0.15, -0.1) is 0 Å². The van der Waals surface area contributed by atoms with E-state index in [0.717, 1.165) is 39.1 Å². The number of rotatable bonds is 3. The molecule has 1 fully saturated rings. The van der Waals surface area contributed by atoms with Gasteiger partial charge in [0.1, 0.15) is 0 Å². The molecule has 0 amide bonds. The lowest BCUT2D eigenvalue weighted by atomic mass is 10.0. The first-order valence-corrected chi connectivity index (χ1v) is 9.25. The van der Waals surface area contributed by atoms with Gasteiger partial charge in [0.05, 0.1) is 11.8 Å². The number of ether oxygens (including phenoxy) is 1. The lowest BCUT2D eigenvalue weighted by Gasteiger charge is -2.29. The summed E-state index contributed by atoms with van der Waals surface area (Å²) in [6.45, 7) is 4.25. The minimum Gasteiger partial charge on any atom is -0.377 e. The second-order valence-corrected chi connectivity index (χ2v) is 7.05. The number of fused-ring (bicyclic) bond motifs is 1. The molecule has 2 aliphatic heterocycles. The average Bonchev–Trinajstić information content (AvgIpc) is 2.80. The Morgan fingerprint density at radius 1 is 1.12 bits per heavy atom. The zero-order valence-corrected chi connectivity index (χ0v) is 14.6. The molecule has 128 valence electrons. The van der Waals surface area contributed by atoms with Crippen LogP contribution in [-0.4, -0.2) is 47.0 Å². The third kappa shape index (κ3) is 3.26. The number of hydrogen-bond acceptors (Lipinski definition) is 3. The van der Waals surface area contributed by atoms with E-state index in [1.807, 2.05) is 0 Å². The van der Waals surface area contributed by atoms with Crippen LogP contribution in [0.5, 0.6) is 0 Å². The van der Waals surface area contributed by atoms with Crippen molar-refractivity contribution in [3.63, 3.8) is 0 Å². The summed E-state index contributed by atoms with van der Waals surface area (Å²) >= 11 is 0. The van der Waals surface area contributed by atoms with Gasteiger partial charge in [0.25, 0.3) is 0 Å². The highest BCUT2D eigenvalue weighted by molar-refractivity contribution is 5.64. The SMILES string of the molecule is Cn1nc(-c2ccccc2)c2c1CCN(CC1CCCCO1)CC2. The summed E-state index contributed by atoms with van der Waals surface area (Å²) < 4.78 is 8.03. The maximum atomic E-state index is 5.94. The molecule has 4 nitrogen and oxygen atoms in total. The average molecular weight is 325 g/mol. The van der Waals surface area contributed by atoms with Crippen LogP contribution in [0.25, 0.3) is 11.3 Å². The van der Waals surface area contributed by atoms with Gasteiger partial charge >= 0.3 is 0 Å². The van der Waals surface area contributed by atoms with Gasteiger partial charge in [-0.05, 0) is 25.7 Å². The fraction of sp³-hybridized carbons (Fsp3) is 0.550. The van der Waals surface area contributed by atoms with Crippen LogP contribution in [0.1, 0.15) is 30.5 Å². The maximum Gasteiger partial charge on any atom is 0.0958 e. The van der Waals surface area contributed by atoms with Crippen LogP contribution in [0, 0.1) is 0 Å². The molecule has 4 rings (SSSR count). The highest BCUT2D eigenvalue weighted by atomic mass is 16.5. The Morgan fingerprint density at radius 2 is 1.96 bits per heavy atom. The van der Waals surface area contributed by atoms with Crippen molar-refractivity contribution in [3.05, 3.63) is 41.6 Å². The highest BCUT2D eigenvalue weighted by Gasteiger charge is 2.24. The molecule has 1 saturated heterocycles. The number of aromatic nitrogens is 2. The maximum absolute atomic E-state index is 5.94. The fourth-order valence-electron chi connectivity index (χ4n) is 4.07. The number of benzene rings is 1. The summed E-state index contributed by atoms with van der Waals surface area (Å²) in [4.78, 5) is 2.59. The molecule has 3 heterocycles. The third-order valence-electron chi connectivity index (χ3n) is 5.40. The number of hydrogen-bond donors (Lipinski definition) is 0. The first-order chi connectivity index (χ1) is 11.8. The predicted octanol–water partition coefficient (Wildman–Crippen LogP) is 3.06. The highest BCUT2D eigenvalue weighted by Crippen LogP contribution is 2.28. The summed E-state index contributed by atoms with van der Waals surface area (Å²) in [7, 11) is 2.09. The Labute approximate surface area is 144 Å². The molecule has 1 unspecified atom stereocenters. The Bertz CT molecular complexity index is 674. The molecular weight excluding hydrogens is 298 g/mol. The van der Waals surface area contributed by atoms with Gasteiger partial charge < -0.3 is 9.64 Å². The number of aryl methyl sites for hydroxylation is 1. The van der Waals surface area contributed by atoms with E-state index in [1.54, 1.807) is 0 Å². The van der Waals surface area contributed by atoms with E-state index >= 15 is 0 Å². The van der Waals surface area contributed by atoms with Crippen molar-refractivity contribution in [1.82, 2.24) is 14.7 Å². The van der Waals surface area contributed by atoms with E-state index in [0.29, 0.717) is 6.10 Å². The van der Waals surface area contributed by atoms with E-state index in [2.05, 4.69) is 47.0 Å². The summed E-state index contributed by atoms with van der Waals surface area (Å²) in [5.41, 5.74) is 5.25. The van der Waals surface area contributed by atoms with E-state index in [9.17, 15) is 0 Å². The van der Waals surface area contributed by atoms with E-state index in [1.165, 1.54) is 41.8 Å². The smallest absolute Gasteiger partial charge is 0.0958 e. The van der Waals surface area contributed by atoms with Crippen LogP contribution in [-0.2, 0) is 24.6 Å². The Hall–Kier alpha value is -1.65. The summed E-state index contributed by atoms with van der Waals surface area (Å²) in [6.07, 6.45) is 6.37. The van der Waals surface area contributed by atoms with Gasteiger partial charge in [-0.1, -0.05) is 30.3 Å². The molecule has 0 saturated carbocycles. The van der Waals surface area contributed by atoms with Gasteiger partial charge in [0.15, 0.2) is 0 Å². The van der Waals surface area contributed by atoms with Gasteiger partial charge in [0, 0.05) is 56.5 Å². The first kappa shape index (κ1) is 15.9. The van der Waals surface area contributed by atoms with Gasteiger partial charge in [-0.3, -0.25) is 4.68 Å². The van der Waals surface area contributed by atoms with Gasteiger partial charge in [-0.25, -0.2) is 0 Å². The van der Waals surface area contributed by atoms with Crippen molar-refractivity contribution in [2.24, 2.45) is 7.05 Å². The molecule has 2 aromatic rings. The van der Waals surface area contributed by atoms with Crippen LogP contribution in [0.15, 0.2) is 30.3 Å². The topological polar surface area (TPSA) is 30.3 Å². The number of nitrogens with zero attached hydrogens (tertiary/aromatic N) is 3. The zero-order chi connectivity index (χ0) is 16.4. The van der Waals surface area contributed by atoms with E-state index < -0.39 is 0 Å². The Morgan fingerprint density at radius 3 is 2.75 bits per heavy atom. The molecule has 0 N–H and O–H groups in total. The van der Waals surface area contributed by atoms with Crippen LogP contribution >= 0.6 is 0 Å². The quantitative estimate of drug-likeness (QED) is 0.869. The molecule has 0 bridgehead atoms. The largest absolute Gasteiger partial charge is 0.377 e. The van der Waals surface area contributed by atoms with Crippen molar-refractivity contribution < 1.29 is 4.74 Å². The second kappa shape index (κ2) is 7.08. The standard InChI is InChI=1S/C20H27N3O/c1-22-19-11-13-23(15-17-9-5-6-14-24-17)12-10-18(19)20(21-22)16-7-3-2-4-8-16/h2-4,7-8,17H,5-6,9-15H2,1H3. The monoisotopic (exact) mass is 325 g/mol. The van der Waals surface area contributed by atoms with Crippen LogP contribution in [0.3, 0.4) is 0 Å². The van der Waals surface area contributed by atoms with E-state index in [4.69, 9.17) is 9.84 Å². The lowest BCUT2D eigenvalue weighted by molar-refractivity contribution is -0.00501. The molecule has 24 heavy (non-hydrogen) atoms. The van der Waals surface area contributed by atoms with Crippen molar-refractivity contribution in [2.45, 2.75) is 38.2 Å². The third-order valence-corrected chi connectivity index (χ3v) is 5.40. The van der Waals surface area contributed by atoms with Crippen molar-refractivity contribution in [1.29, 1.82) is 0 Å². The summed E-state index contributed by atoms with van der Waals surface area (Å²) in [6, 6.07) is 10.6. The van der Waals surface area contributed by atoms with Crippen LogP contribution in [0.4, 0.5) is 0 Å². The molecule has 0 spiro atoms. The summed E-state index contributed by atoms with van der Waals surface area (Å²) in [5, 5.41) is 4.82. The van der Waals surface area contributed by atoms with E-state index in [-0.39, 0.29) is 0 Å². The molecule has 2 aliphatic rings. The zero-order valence-electron chi connectivity index (χ0n) is 14.6. The first-order valence-electron chi connectivity index (χ1n) is 9.25. The lowest BCUT2D eigenvalue weighted by Crippen LogP contribution is -2.37. The minimum absolute atomic E-state index is 0.437. The normalized spacial score (nSPS) is 22.1. The Balaban J connectivity index is 1.50.